The van der Waals surface area contributed by atoms with Gasteiger partial charge in [-0.3, -0.25) is 0 Å². The van der Waals surface area contributed by atoms with E-state index in [1.54, 1.807) is 26.0 Å². The third-order valence-corrected chi connectivity index (χ3v) is 3.96. The molecular formula is C15H25NO2S. The highest BCUT2D eigenvalue weighted by atomic mass is 32.2. The van der Waals surface area contributed by atoms with Crippen LogP contribution < -0.4 is 15.2 Å². The van der Waals surface area contributed by atoms with Crippen LogP contribution in [0.1, 0.15) is 38.7 Å². The van der Waals surface area contributed by atoms with Crippen molar-refractivity contribution in [2.45, 2.75) is 43.3 Å². The van der Waals surface area contributed by atoms with E-state index in [1.165, 1.54) is 4.90 Å². The van der Waals surface area contributed by atoms with Gasteiger partial charge in [-0.15, -0.1) is 11.8 Å². The van der Waals surface area contributed by atoms with Gasteiger partial charge in [-0.25, -0.2) is 0 Å². The summed E-state index contributed by atoms with van der Waals surface area (Å²) < 4.78 is 11.1. The molecule has 0 aliphatic carbocycles. The van der Waals surface area contributed by atoms with Gasteiger partial charge < -0.3 is 15.2 Å². The minimum atomic E-state index is 0.327. The molecule has 0 amide bonds. The smallest absolute Gasteiger partial charge is 0.127 e. The lowest BCUT2D eigenvalue weighted by molar-refractivity contribution is 0.377. The van der Waals surface area contributed by atoms with Crippen LogP contribution in [0.25, 0.3) is 0 Å². The summed E-state index contributed by atoms with van der Waals surface area (Å²) in [6, 6.07) is 4.19. The predicted molar refractivity (Wildman–Crippen MR) is 82.6 cm³/mol. The molecule has 0 aliphatic rings. The average Bonchev–Trinajstić information content (AvgIpc) is 2.36. The van der Waals surface area contributed by atoms with Crippen molar-refractivity contribution in [3.05, 3.63) is 17.7 Å². The Hall–Kier alpha value is -0.870. The maximum atomic E-state index is 5.66. The van der Waals surface area contributed by atoms with Crippen LogP contribution in [-0.2, 0) is 0 Å². The maximum absolute atomic E-state index is 5.66. The van der Waals surface area contributed by atoms with Gasteiger partial charge >= 0.3 is 0 Å². The Bertz CT molecular complexity index is 382. The zero-order chi connectivity index (χ0) is 14.4. The molecule has 0 aliphatic heterocycles. The maximum Gasteiger partial charge on any atom is 0.127 e. The van der Waals surface area contributed by atoms with Crippen molar-refractivity contribution in [2.75, 3.05) is 20.8 Å². The van der Waals surface area contributed by atoms with Gasteiger partial charge in [0.1, 0.15) is 11.5 Å². The number of benzene rings is 1. The molecule has 19 heavy (non-hydrogen) atoms. The third-order valence-electron chi connectivity index (χ3n) is 2.98. The molecule has 1 atom stereocenters. The van der Waals surface area contributed by atoms with Gasteiger partial charge in [0.2, 0.25) is 0 Å². The van der Waals surface area contributed by atoms with E-state index >= 15 is 0 Å². The molecule has 0 bridgehead atoms. The van der Waals surface area contributed by atoms with Gasteiger partial charge in [0.05, 0.1) is 14.2 Å². The zero-order valence-corrected chi connectivity index (χ0v) is 13.3. The first-order chi connectivity index (χ1) is 9.03. The molecule has 0 radical (unpaired) electrons. The lowest BCUT2D eigenvalue weighted by Crippen LogP contribution is -2.07. The van der Waals surface area contributed by atoms with Crippen molar-refractivity contribution >= 4 is 11.8 Å². The Labute approximate surface area is 120 Å². The van der Waals surface area contributed by atoms with E-state index in [2.05, 4.69) is 32.9 Å². The first-order valence-corrected chi connectivity index (χ1v) is 7.54. The molecule has 0 aromatic heterocycles. The van der Waals surface area contributed by atoms with Crippen molar-refractivity contribution in [1.29, 1.82) is 0 Å². The van der Waals surface area contributed by atoms with Crippen LogP contribution in [0.4, 0.5) is 0 Å². The van der Waals surface area contributed by atoms with Crippen LogP contribution in [-0.4, -0.2) is 26.0 Å². The summed E-state index contributed by atoms with van der Waals surface area (Å²) in [6.07, 6.45) is 0.920. The Morgan fingerprint density at radius 2 is 1.63 bits per heavy atom. The Morgan fingerprint density at radius 3 is 2.00 bits per heavy atom. The van der Waals surface area contributed by atoms with Crippen molar-refractivity contribution in [1.82, 2.24) is 0 Å². The van der Waals surface area contributed by atoms with E-state index in [0.717, 1.165) is 23.5 Å². The van der Waals surface area contributed by atoms with E-state index in [1.807, 2.05) is 0 Å². The molecule has 3 nitrogen and oxygen atoms in total. The SMILES string of the molecule is COc1cc(SC(C)C)cc(OC)c1C(C)CCN. The number of thioether (sulfide) groups is 1. The first-order valence-electron chi connectivity index (χ1n) is 6.66. The first kappa shape index (κ1) is 16.2. The molecule has 0 fully saturated rings. The van der Waals surface area contributed by atoms with Gasteiger partial charge in [0, 0.05) is 15.7 Å². The Balaban J connectivity index is 3.21. The predicted octanol–water partition coefficient (Wildman–Crippen LogP) is 3.66. The fourth-order valence-corrected chi connectivity index (χ4v) is 3.03. The number of methoxy groups -OCH3 is 2. The van der Waals surface area contributed by atoms with Crippen molar-refractivity contribution < 1.29 is 9.47 Å². The van der Waals surface area contributed by atoms with Crippen LogP contribution in [0.3, 0.4) is 0 Å². The normalized spacial score (nSPS) is 12.6. The number of hydrogen-bond acceptors (Lipinski definition) is 4. The minimum Gasteiger partial charge on any atom is -0.496 e. The highest BCUT2D eigenvalue weighted by Crippen LogP contribution is 2.40. The number of rotatable bonds is 7. The molecule has 2 N–H and O–H groups in total. The van der Waals surface area contributed by atoms with Crippen molar-refractivity contribution in [2.24, 2.45) is 5.73 Å². The van der Waals surface area contributed by atoms with E-state index in [0.29, 0.717) is 17.7 Å². The summed E-state index contributed by atoms with van der Waals surface area (Å²) in [7, 11) is 3.41. The molecule has 0 saturated heterocycles. The lowest BCUT2D eigenvalue weighted by atomic mass is 9.96. The van der Waals surface area contributed by atoms with Crippen LogP contribution >= 0.6 is 11.8 Å². The van der Waals surface area contributed by atoms with Gasteiger partial charge in [-0.1, -0.05) is 20.8 Å². The molecule has 1 rings (SSSR count). The monoisotopic (exact) mass is 283 g/mol. The van der Waals surface area contributed by atoms with Gasteiger partial charge in [-0.2, -0.15) is 0 Å². The highest BCUT2D eigenvalue weighted by molar-refractivity contribution is 7.99. The fraction of sp³-hybridized carbons (Fsp3) is 0.600. The summed E-state index contributed by atoms with van der Waals surface area (Å²) in [5.74, 6) is 2.11. The fourth-order valence-electron chi connectivity index (χ4n) is 2.14. The summed E-state index contributed by atoms with van der Waals surface area (Å²) >= 11 is 1.81. The van der Waals surface area contributed by atoms with Gasteiger partial charge in [-0.05, 0) is 31.0 Å². The number of hydrogen-bond donors (Lipinski definition) is 1. The second-order valence-electron chi connectivity index (χ2n) is 4.89. The summed E-state index contributed by atoms with van der Waals surface area (Å²) in [6.45, 7) is 7.17. The molecule has 4 heteroatoms. The Morgan fingerprint density at radius 1 is 1.11 bits per heavy atom. The quantitative estimate of drug-likeness (QED) is 0.776. The summed E-state index contributed by atoms with van der Waals surface area (Å²) in [5, 5.41) is 0.529. The minimum absolute atomic E-state index is 0.327. The standard InChI is InChI=1S/C15H25NO2S/c1-10(2)19-12-8-13(17-4)15(11(3)6-7-16)14(9-12)18-5/h8-11H,6-7,16H2,1-5H3. The average molecular weight is 283 g/mol. The topological polar surface area (TPSA) is 44.5 Å². The molecule has 1 unspecified atom stereocenters. The van der Waals surface area contributed by atoms with E-state index < -0.39 is 0 Å². The summed E-state index contributed by atoms with van der Waals surface area (Å²) in [5.41, 5.74) is 6.77. The molecule has 0 spiro atoms. The number of ether oxygens (including phenoxy) is 2. The molecule has 1 aromatic rings. The zero-order valence-electron chi connectivity index (χ0n) is 12.5. The van der Waals surface area contributed by atoms with Crippen molar-refractivity contribution in [3.63, 3.8) is 0 Å². The van der Waals surface area contributed by atoms with Gasteiger partial charge in [0.15, 0.2) is 0 Å². The van der Waals surface area contributed by atoms with Crippen LogP contribution in [0.2, 0.25) is 0 Å². The molecular weight excluding hydrogens is 258 g/mol. The second kappa shape index (κ2) is 7.65. The van der Waals surface area contributed by atoms with Crippen LogP contribution in [0, 0.1) is 0 Å². The molecule has 0 heterocycles. The summed E-state index contributed by atoms with van der Waals surface area (Å²) in [4.78, 5) is 1.17. The largest absolute Gasteiger partial charge is 0.496 e. The number of nitrogens with two attached hydrogens (primary N) is 1. The molecule has 0 saturated carbocycles. The van der Waals surface area contributed by atoms with Crippen LogP contribution in [0.15, 0.2) is 17.0 Å². The molecule has 1 aromatic carbocycles. The Kier molecular flexibility index (Phi) is 6.52. The van der Waals surface area contributed by atoms with E-state index in [4.69, 9.17) is 15.2 Å². The van der Waals surface area contributed by atoms with Crippen molar-refractivity contribution in [3.8, 4) is 11.5 Å². The molecule has 108 valence electrons. The third kappa shape index (κ3) is 4.32. The lowest BCUT2D eigenvalue weighted by Gasteiger charge is -2.20. The second-order valence-corrected chi connectivity index (χ2v) is 6.54. The van der Waals surface area contributed by atoms with E-state index in [9.17, 15) is 0 Å². The van der Waals surface area contributed by atoms with Gasteiger partial charge in [0.25, 0.3) is 0 Å². The highest BCUT2D eigenvalue weighted by Gasteiger charge is 2.18. The van der Waals surface area contributed by atoms with E-state index in [-0.39, 0.29) is 0 Å². The van der Waals surface area contributed by atoms with Crippen LogP contribution in [0.5, 0.6) is 11.5 Å².